The van der Waals surface area contributed by atoms with E-state index in [1.165, 1.54) is 12.1 Å². The Morgan fingerprint density at radius 3 is 2.36 bits per heavy atom. The normalized spacial score (nSPS) is 11.5. The fraction of sp³-hybridized carbons (Fsp3) is 0.136. The highest BCUT2D eigenvalue weighted by atomic mass is 35.5. The van der Waals surface area contributed by atoms with Crippen molar-refractivity contribution >= 4 is 46.8 Å². The van der Waals surface area contributed by atoms with Gasteiger partial charge in [-0.25, -0.2) is 14.6 Å². The number of H-pyrrole nitrogens is 1. The Morgan fingerprint density at radius 1 is 1.06 bits per heavy atom. The van der Waals surface area contributed by atoms with Gasteiger partial charge >= 0.3 is 11.7 Å². The molecule has 0 fully saturated rings. The second kappa shape index (κ2) is 10.3. The molecule has 11 heteroatoms. The van der Waals surface area contributed by atoms with Crippen molar-refractivity contribution in [3.63, 3.8) is 0 Å². The third-order valence-corrected chi connectivity index (χ3v) is 5.37. The number of rotatable bonds is 7. The SMILES string of the molecule is Cc1ccccc1C(=O)N[C@@H](Cc1cnc(=O)[nH]c1NC(=O)c1c(Cl)cccc1Cl)C(=O)O. The first kappa shape index (κ1) is 24.0. The van der Waals surface area contributed by atoms with Gasteiger partial charge in [0.05, 0.1) is 15.6 Å². The first-order valence-corrected chi connectivity index (χ1v) is 10.4. The molecular weight excluding hydrogens is 471 g/mol. The third-order valence-electron chi connectivity index (χ3n) is 4.74. The smallest absolute Gasteiger partial charge is 0.346 e. The zero-order chi connectivity index (χ0) is 24.1. The molecule has 3 aromatic rings. The summed E-state index contributed by atoms with van der Waals surface area (Å²) in [4.78, 5) is 54.9. The van der Waals surface area contributed by atoms with Crippen molar-refractivity contribution in [2.24, 2.45) is 0 Å². The molecule has 2 amide bonds. The second-order valence-corrected chi connectivity index (χ2v) is 7.84. The molecule has 0 unspecified atom stereocenters. The van der Waals surface area contributed by atoms with E-state index in [-0.39, 0.29) is 33.4 Å². The number of carboxylic acid groups (broad SMARTS) is 1. The summed E-state index contributed by atoms with van der Waals surface area (Å²) in [5.74, 6) is -2.70. The first-order valence-electron chi connectivity index (χ1n) is 9.60. The zero-order valence-corrected chi connectivity index (χ0v) is 18.7. The van der Waals surface area contributed by atoms with Crippen LogP contribution in [0.4, 0.5) is 5.82 Å². The van der Waals surface area contributed by atoms with E-state index >= 15 is 0 Å². The number of hydrogen-bond acceptors (Lipinski definition) is 5. The summed E-state index contributed by atoms with van der Waals surface area (Å²) in [6.07, 6.45) is 0.848. The number of aromatic amines is 1. The summed E-state index contributed by atoms with van der Waals surface area (Å²) in [6.45, 7) is 1.73. The number of halogens is 2. The van der Waals surface area contributed by atoms with E-state index < -0.39 is 29.5 Å². The number of carboxylic acids is 1. The van der Waals surface area contributed by atoms with Crippen LogP contribution in [0.2, 0.25) is 10.0 Å². The highest BCUT2D eigenvalue weighted by Crippen LogP contribution is 2.25. The highest BCUT2D eigenvalue weighted by molar-refractivity contribution is 6.40. The van der Waals surface area contributed by atoms with Crippen LogP contribution in [0.3, 0.4) is 0 Å². The van der Waals surface area contributed by atoms with Crippen LogP contribution in [0.1, 0.15) is 31.8 Å². The van der Waals surface area contributed by atoms with Gasteiger partial charge in [-0.15, -0.1) is 0 Å². The van der Waals surface area contributed by atoms with E-state index in [1.54, 1.807) is 37.3 Å². The molecule has 1 aromatic heterocycles. The van der Waals surface area contributed by atoms with Gasteiger partial charge in [-0.1, -0.05) is 47.5 Å². The Hall–Kier alpha value is -3.69. The molecule has 33 heavy (non-hydrogen) atoms. The molecule has 0 aliphatic rings. The molecule has 170 valence electrons. The molecule has 9 nitrogen and oxygen atoms in total. The van der Waals surface area contributed by atoms with Crippen LogP contribution in [0, 0.1) is 6.92 Å². The Morgan fingerprint density at radius 2 is 1.73 bits per heavy atom. The molecule has 0 saturated heterocycles. The summed E-state index contributed by atoms with van der Waals surface area (Å²) in [7, 11) is 0. The van der Waals surface area contributed by atoms with Crippen LogP contribution < -0.4 is 16.3 Å². The molecule has 4 N–H and O–H groups in total. The van der Waals surface area contributed by atoms with E-state index in [4.69, 9.17) is 23.2 Å². The molecule has 0 saturated carbocycles. The predicted octanol–water partition coefficient (Wildman–Crippen LogP) is 3.06. The lowest BCUT2D eigenvalue weighted by atomic mass is 10.1. The van der Waals surface area contributed by atoms with E-state index in [1.807, 2.05) is 0 Å². The van der Waals surface area contributed by atoms with Gasteiger partial charge in [-0.2, -0.15) is 0 Å². The second-order valence-electron chi connectivity index (χ2n) is 7.02. The number of benzene rings is 2. The minimum absolute atomic E-state index is 0.0212. The highest BCUT2D eigenvalue weighted by Gasteiger charge is 2.25. The van der Waals surface area contributed by atoms with Crippen LogP contribution >= 0.6 is 23.2 Å². The molecular formula is C22H18Cl2N4O5. The Balaban J connectivity index is 1.87. The van der Waals surface area contributed by atoms with Gasteiger partial charge in [-0.3, -0.25) is 14.6 Å². The van der Waals surface area contributed by atoms with Gasteiger partial charge in [0.2, 0.25) is 0 Å². The maximum absolute atomic E-state index is 12.7. The lowest BCUT2D eigenvalue weighted by Crippen LogP contribution is -2.42. The van der Waals surface area contributed by atoms with Crippen LogP contribution in [0.25, 0.3) is 0 Å². The number of hydrogen-bond donors (Lipinski definition) is 4. The Bertz CT molecular complexity index is 1270. The third kappa shape index (κ3) is 5.76. The van der Waals surface area contributed by atoms with Gasteiger partial charge < -0.3 is 15.7 Å². The van der Waals surface area contributed by atoms with Gasteiger partial charge in [0, 0.05) is 23.7 Å². The number of nitrogens with one attached hydrogen (secondary N) is 3. The molecule has 1 heterocycles. The quantitative estimate of drug-likeness (QED) is 0.402. The molecule has 2 aromatic carbocycles. The fourth-order valence-corrected chi connectivity index (χ4v) is 3.63. The van der Waals surface area contributed by atoms with E-state index in [0.717, 1.165) is 6.20 Å². The maximum atomic E-state index is 12.7. The number of amides is 2. The number of anilines is 1. The number of aryl methyl sites for hydroxylation is 1. The Kier molecular flexibility index (Phi) is 7.47. The number of aliphatic carboxylic acids is 1. The summed E-state index contributed by atoms with van der Waals surface area (Å²) in [5, 5.41) is 14.8. The van der Waals surface area contributed by atoms with Gasteiger partial charge in [0.25, 0.3) is 11.8 Å². The average Bonchev–Trinajstić information content (AvgIpc) is 2.75. The van der Waals surface area contributed by atoms with Crippen molar-refractivity contribution in [3.8, 4) is 0 Å². The summed E-state index contributed by atoms with van der Waals surface area (Å²) < 4.78 is 0. The molecule has 0 spiro atoms. The van der Waals surface area contributed by atoms with E-state index in [0.29, 0.717) is 11.1 Å². The van der Waals surface area contributed by atoms with Crippen LogP contribution in [0.15, 0.2) is 53.5 Å². The predicted molar refractivity (Wildman–Crippen MR) is 123 cm³/mol. The monoisotopic (exact) mass is 488 g/mol. The lowest BCUT2D eigenvalue weighted by molar-refractivity contribution is -0.139. The molecule has 0 aliphatic heterocycles. The van der Waals surface area contributed by atoms with Crippen molar-refractivity contribution in [1.29, 1.82) is 0 Å². The number of nitrogens with zero attached hydrogens (tertiary/aromatic N) is 1. The topological polar surface area (TPSA) is 141 Å². The van der Waals surface area contributed by atoms with Crippen molar-refractivity contribution < 1.29 is 19.5 Å². The first-order chi connectivity index (χ1) is 15.7. The van der Waals surface area contributed by atoms with Gasteiger partial charge in [-0.05, 0) is 30.7 Å². The number of carbonyl (C=O) groups excluding carboxylic acids is 2. The Labute approximate surface area is 197 Å². The van der Waals surface area contributed by atoms with Crippen LogP contribution in [0.5, 0.6) is 0 Å². The van der Waals surface area contributed by atoms with Gasteiger partial charge in [0.1, 0.15) is 11.9 Å². The minimum atomic E-state index is -1.37. The van der Waals surface area contributed by atoms with Crippen molar-refractivity contribution in [2.75, 3.05) is 5.32 Å². The lowest BCUT2D eigenvalue weighted by Gasteiger charge is -2.17. The zero-order valence-electron chi connectivity index (χ0n) is 17.2. The van der Waals surface area contributed by atoms with E-state index in [9.17, 15) is 24.3 Å². The standard InChI is InChI=1S/C22H18Cl2N4O5/c1-11-5-2-3-6-13(11)19(29)26-16(21(31)32)9-12-10-25-22(33)28-18(12)27-20(30)17-14(23)7-4-8-15(17)24/h2-8,10,16H,9H2,1H3,(H,26,29)(H,31,32)(H2,25,27,28,30,33)/t16-/m0/s1. The maximum Gasteiger partial charge on any atom is 0.346 e. The summed E-state index contributed by atoms with van der Waals surface area (Å²) in [5.41, 5.74) is 0.380. The molecule has 0 bridgehead atoms. The van der Waals surface area contributed by atoms with Crippen molar-refractivity contribution in [1.82, 2.24) is 15.3 Å². The average molecular weight is 489 g/mol. The van der Waals surface area contributed by atoms with E-state index in [2.05, 4.69) is 20.6 Å². The molecule has 0 radical (unpaired) electrons. The molecule has 3 rings (SSSR count). The number of aromatic nitrogens is 2. The summed E-state index contributed by atoms with van der Waals surface area (Å²) in [6, 6.07) is 9.86. The molecule has 1 atom stereocenters. The largest absolute Gasteiger partial charge is 0.480 e. The minimum Gasteiger partial charge on any atom is -0.480 e. The van der Waals surface area contributed by atoms with Crippen molar-refractivity contribution in [3.05, 3.63) is 91.4 Å². The van der Waals surface area contributed by atoms with Crippen LogP contribution in [-0.2, 0) is 11.2 Å². The fourth-order valence-electron chi connectivity index (χ4n) is 3.06. The number of carbonyl (C=O) groups is 3. The summed E-state index contributed by atoms with van der Waals surface area (Å²) >= 11 is 12.1. The van der Waals surface area contributed by atoms with Crippen molar-refractivity contribution in [2.45, 2.75) is 19.4 Å². The molecule has 0 aliphatic carbocycles. The van der Waals surface area contributed by atoms with Crippen LogP contribution in [-0.4, -0.2) is 38.9 Å². The van der Waals surface area contributed by atoms with Gasteiger partial charge in [0.15, 0.2) is 0 Å².